The van der Waals surface area contributed by atoms with Crippen molar-refractivity contribution in [2.45, 2.75) is 50.9 Å². The number of nitrogens with one attached hydrogen (secondary N) is 1. The van der Waals surface area contributed by atoms with Crippen LogP contribution in [0.2, 0.25) is 0 Å². The van der Waals surface area contributed by atoms with Gasteiger partial charge in [0, 0.05) is 25.5 Å². The summed E-state index contributed by atoms with van der Waals surface area (Å²) in [4.78, 5) is 27.2. The van der Waals surface area contributed by atoms with Crippen molar-refractivity contribution in [1.82, 2.24) is 20.3 Å². The number of fused-ring (bicyclic) bond motifs is 1. The molecular formula is C26H28F3N5O3S. The second-order valence-corrected chi connectivity index (χ2v) is 11.6. The van der Waals surface area contributed by atoms with Crippen LogP contribution in [0, 0.1) is 5.92 Å². The first-order chi connectivity index (χ1) is 17.9. The zero-order valence-corrected chi connectivity index (χ0v) is 22.0. The van der Waals surface area contributed by atoms with Crippen molar-refractivity contribution >= 4 is 21.7 Å². The number of pyridine rings is 1. The summed E-state index contributed by atoms with van der Waals surface area (Å²) in [7, 11) is -3.30. The van der Waals surface area contributed by atoms with E-state index in [1.165, 1.54) is 18.3 Å². The molecule has 0 bridgehead atoms. The number of halogens is 3. The van der Waals surface area contributed by atoms with E-state index in [2.05, 4.69) is 20.3 Å². The third-order valence-corrected chi connectivity index (χ3v) is 8.19. The molecule has 3 heterocycles. The molecule has 1 aromatic carbocycles. The zero-order chi connectivity index (χ0) is 27.7. The molecule has 1 atom stereocenters. The molecule has 38 heavy (non-hydrogen) atoms. The Hall–Kier alpha value is -3.54. The van der Waals surface area contributed by atoms with Gasteiger partial charge in [0.1, 0.15) is 5.69 Å². The number of amides is 1. The Bertz CT molecular complexity index is 1430. The van der Waals surface area contributed by atoms with E-state index < -0.39 is 21.7 Å². The molecule has 1 aliphatic rings. The number of alkyl halides is 3. The summed E-state index contributed by atoms with van der Waals surface area (Å²) in [5.74, 6) is -0.351. The Morgan fingerprint density at radius 1 is 1.16 bits per heavy atom. The molecule has 0 saturated heterocycles. The van der Waals surface area contributed by atoms with E-state index in [9.17, 15) is 26.4 Å². The molecule has 4 rings (SSSR count). The Morgan fingerprint density at radius 2 is 1.87 bits per heavy atom. The lowest BCUT2D eigenvalue weighted by molar-refractivity contribution is -0.141. The van der Waals surface area contributed by atoms with E-state index in [-0.39, 0.29) is 41.0 Å². The normalized spacial score (nSPS) is 15.9. The monoisotopic (exact) mass is 547 g/mol. The summed E-state index contributed by atoms with van der Waals surface area (Å²) >= 11 is 0. The first kappa shape index (κ1) is 27.5. The van der Waals surface area contributed by atoms with Crippen LogP contribution in [0.3, 0.4) is 0 Å². The van der Waals surface area contributed by atoms with Crippen molar-refractivity contribution in [3.05, 3.63) is 76.9 Å². The molecule has 2 aromatic heterocycles. The second kappa shape index (κ2) is 10.7. The maximum atomic E-state index is 13.2. The molecule has 1 N–H and O–H groups in total. The van der Waals surface area contributed by atoms with Crippen molar-refractivity contribution in [3.63, 3.8) is 0 Å². The highest BCUT2D eigenvalue weighted by molar-refractivity contribution is 7.91. The van der Waals surface area contributed by atoms with Gasteiger partial charge in [-0.3, -0.25) is 9.78 Å². The number of carbonyl (C=O) groups is 1. The topological polar surface area (TPSA) is 105 Å². The highest BCUT2D eigenvalue weighted by Gasteiger charge is 2.36. The average molecular weight is 548 g/mol. The minimum absolute atomic E-state index is 0.00875. The number of rotatable bonds is 7. The van der Waals surface area contributed by atoms with Gasteiger partial charge in [-0.15, -0.1) is 0 Å². The summed E-state index contributed by atoms with van der Waals surface area (Å²) in [6, 6.07) is 8.60. The highest BCUT2D eigenvalue weighted by atomic mass is 32.2. The van der Waals surface area contributed by atoms with Gasteiger partial charge in [-0.05, 0) is 47.7 Å². The van der Waals surface area contributed by atoms with Crippen molar-refractivity contribution in [1.29, 1.82) is 0 Å². The van der Waals surface area contributed by atoms with Gasteiger partial charge in [-0.2, -0.15) is 13.2 Å². The van der Waals surface area contributed by atoms with Gasteiger partial charge in [0.15, 0.2) is 9.84 Å². The van der Waals surface area contributed by atoms with Crippen LogP contribution in [-0.4, -0.2) is 41.6 Å². The fraction of sp³-hybridized carbons (Fsp3) is 0.385. The van der Waals surface area contributed by atoms with Crippen LogP contribution in [0.15, 0.2) is 53.7 Å². The van der Waals surface area contributed by atoms with E-state index in [0.717, 1.165) is 23.4 Å². The lowest BCUT2D eigenvalue weighted by atomic mass is 9.89. The molecule has 12 heteroatoms. The molecule has 1 unspecified atom stereocenters. The standard InChI is InChI=1S/C26H28F3N5O3S/c1-4-38(36,37)20-7-5-17(6-8-20)14-32-24(35)19-13-18-10-12-34(23(16(2)3)22(18)31-15-19)25-30-11-9-21(33-25)26(27,28)29/h5-9,11,13,15-16,23H,4,10,12,14H2,1-3H3,(H,32,35). The minimum Gasteiger partial charge on any atom is -0.348 e. The quantitative estimate of drug-likeness (QED) is 0.468. The molecule has 0 fully saturated rings. The molecule has 1 amide bonds. The van der Waals surface area contributed by atoms with Crippen molar-refractivity contribution in [3.8, 4) is 0 Å². The summed E-state index contributed by atoms with van der Waals surface area (Å²) in [5.41, 5.74) is 1.62. The SMILES string of the molecule is CCS(=O)(=O)c1ccc(CNC(=O)c2cnc3c(c2)CCN(c2nccc(C(F)(F)F)n2)C3C(C)C)cc1. The van der Waals surface area contributed by atoms with Gasteiger partial charge in [0.05, 0.1) is 27.9 Å². The smallest absolute Gasteiger partial charge is 0.348 e. The molecule has 0 spiro atoms. The Kier molecular flexibility index (Phi) is 7.73. The van der Waals surface area contributed by atoms with Gasteiger partial charge in [0.25, 0.3) is 5.91 Å². The van der Waals surface area contributed by atoms with Crippen LogP contribution < -0.4 is 10.2 Å². The molecule has 1 aliphatic heterocycles. The predicted molar refractivity (Wildman–Crippen MR) is 135 cm³/mol. The maximum Gasteiger partial charge on any atom is 0.433 e. The zero-order valence-electron chi connectivity index (χ0n) is 21.2. The van der Waals surface area contributed by atoms with E-state index in [4.69, 9.17) is 0 Å². The van der Waals surface area contributed by atoms with Gasteiger partial charge < -0.3 is 10.2 Å². The number of aromatic nitrogens is 3. The van der Waals surface area contributed by atoms with Crippen LogP contribution in [0.5, 0.6) is 0 Å². The van der Waals surface area contributed by atoms with Crippen molar-refractivity contribution in [2.75, 3.05) is 17.2 Å². The lowest BCUT2D eigenvalue weighted by Gasteiger charge is -2.39. The van der Waals surface area contributed by atoms with E-state index in [1.54, 1.807) is 30.0 Å². The summed E-state index contributed by atoms with van der Waals surface area (Å²) < 4.78 is 63.6. The molecule has 8 nitrogen and oxygen atoms in total. The van der Waals surface area contributed by atoms with Gasteiger partial charge >= 0.3 is 6.18 Å². The van der Waals surface area contributed by atoms with Crippen LogP contribution in [0.25, 0.3) is 0 Å². The lowest BCUT2D eigenvalue weighted by Crippen LogP contribution is -2.40. The van der Waals surface area contributed by atoms with Gasteiger partial charge in [-0.1, -0.05) is 32.9 Å². The van der Waals surface area contributed by atoms with Gasteiger partial charge in [-0.25, -0.2) is 18.4 Å². The Morgan fingerprint density at radius 3 is 2.50 bits per heavy atom. The molecular weight excluding hydrogens is 519 g/mol. The summed E-state index contributed by atoms with van der Waals surface area (Å²) in [6.07, 6.45) is -1.56. The summed E-state index contributed by atoms with van der Waals surface area (Å²) in [5, 5.41) is 2.82. The maximum absolute atomic E-state index is 13.2. The van der Waals surface area contributed by atoms with Crippen LogP contribution >= 0.6 is 0 Å². The molecule has 0 aliphatic carbocycles. The first-order valence-electron chi connectivity index (χ1n) is 12.2. The number of hydrogen-bond donors (Lipinski definition) is 1. The first-order valence-corrected chi connectivity index (χ1v) is 13.8. The molecule has 202 valence electrons. The van der Waals surface area contributed by atoms with Crippen LogP contribution in [0.1, 0.15) is 59.7 Å². The number of benzene rings is 1. The Balaban J connectivity index is 1.51. The highest BCUT2D eigenvalue weighted by Crippen LogP contribution is 2.37. The number of hydrogen-bond acceptors (Lipinski definition) is 7. The minimum atomic E-state index is -4.57. The predicted octanol–water partition coefficient (Wildman–Crippen LogP) is 4.37. The van der Waals surface area contributed by atoms with Crippen molar-refractivity contribution in [2.24, 2.45) is 5.92 Å². The number of anilines is 1. The number of nitrogens with zero attached hydrogens (tertiary/aromatic N) is 4. The summed E-state index contributed by atoms with van der Waals surface area (Å²) in [6.45, 7) is 6.05. The van der Waals surface area contributed by atoms with Crippen LogP contribution in [0.4, 0.5) is 19.1 Å². The fourth-order valence-corrected chi connectivity index (χ4v) is 5.33. The largest absolute Gasteiger partial charge is 0.433 e. The van der Waals surface area contributed by atoms with E-state index >= 15 is 0 Å². The second-order valence-electron chi connectivity index (χ2n) is 9.37. The number of sulfone groups is 1. The van der Waals surface area contributed by atoms with E-state index in [1.807, 2.05) is 13.8 Å². The average Bonchev–Trinajstić information content (AvgIpc) is 2.90. The third-order valence-electron chi connectivity index (χ3n) is 6.44. The Labute approximate surface area is 219 Å². The van der Waals surface area contributed by atoms with Crippen LogP contribution in [-0.2, 0) is 29.0 Å². The molecule has 3 aromatic rings. The van der Waals surface area contributed by atoms with E-state index in [0.29, 0.717) is 24.2 Å². The molecule has 0 radical (unpaired) electrons. The van der Waals surface area contributed by atoms with Gasteiger partial charge in [0.2, 0.25) is 5.95 Å². The third kappa shape index (κ3) is 5.79. The fourth-order valence-electron chi connectivity index (χ4n) is 4.45. The molecule has 0 saturated carbocycles. The van der Waals surface area contributed by atoms with Crippen molar-refractivity contribution < 1.29 is 26.4 Å². The number of carbonyl (C=O) groups excluding carboxylic acids is 1.